The van der Waals surface area contributed by atoms with Crippen LogP contribution in [0.3, 0.4) is 0 Å². The Morgan fingerprint density at radius 2 is 1.73 bits per heavy atom. The highest BCUT2D eigenvalue weighted by Crippen LogP contribution is 2.28. The fourth-order valence-corrected chi connectivity index (χ4v) is 4.11. The van der Waals surface area contributed by atoms with E-state index < -0.39 is 33.1 Å². The van der Waals surface area contributed by atoms with E-state index in [9.17, 15) is 22.0 Å². The molecule has 0 spiro atoms. The minimum atomic E-state index is -4.03. The lowest BCUT2D eigenvalue weighted by molar-refractivity contribution is 0.102. The largest absolute Gasteiger partial charge is 0.495 e. The van der Waals surface area contributed by atoms with Crippen LogP contribution >= 0.6 is 0 Å². The van der Waals surface area contributed by atoms with Gasteiger partial charge in [-0.05, 0) is 55.0 Å². The van der Waals surface area contributed by atoms with E-state index in [2.05, 4.69) is 10.0 Å². The van der Waals surface area contributed by atoms with Gasteiger partial charge in [-0.2, -0.15) is 0 Å². The van der Waals surface area contributed by atoms with Crippen molar-refractivity contribution >= 4 is 27.3 Å². The quantitative estimate of drug-likeness (QED) is 0.607. The monoisotopic (exact) mass is 432 g/mol. The molecule has 0 aliphatic rings. The van der Waals surface area contributed by atoms with Crippen LogP contribution in [0, 0.1) is 18.6 Å². The summed E-state index contributed by atoms with van der Waals surface area (Å²) in [7, 11) is -2.61. The van der Waals surface area contributed by atoms with Gasteiger partial charge in [-0.25, -0.2) is 17.2 Å². The number of benzene rings is 3. The number of aryl methyl sites for hydroxylation is 1. The summed E-state index contributed by atoms with van der Waals surface area (Å²) in [6.07, 6.45) is 0. The van der Waals surface area contributed by atoms with Gasteiger partial charge >= 0.3 is 0 Å². The summed E-state index contributed by atoms with van der Waals surface area (Å²) >= 11 is 0. The Bertz CT molecular complexity index is 1210. The van der Waals surface area contributed by atoms with Gasteiger partial charge in [0.2, 0.25) is 0 Å². The highest BCUT2D eigenvalue weighted by atomic mass is 32.2. The zero-order valence-corrected chi connectivity index (χ0v) is 16.9. The number of hydrogen-bond donors (Lipinski definition) is 2. The molecule has 3 rings (SSSR count). The molecule has 0 heterocycles. The molecule has 3 aromatic rings. The second kappa shape index (κ2) is 8.50. The molecule has 0 bridgehead atoms. The molecule has 0 aliphatic heterocycles. The van der Waals surface area contributed by atoms with Crippen molar-refractivity contribution in [3.05, 3.63) is 83.4 Å². The van der Waals surface area contributed by atoms with Crippen LogP contribution in [0.15, 0.2) is 65.6 Å². The molecule has 0 unspecified atom stereocenters. The number of rotatable bonds is 6. The van der Waals surface area contributed by atoms with Gasteiger partial charge in [0, 0.05) is 5.69 Å². The van der Waals surface area contributed by atoms with Crippen molar-refractivity contribution in [3.63, 3.8) is 0 Å². The number of carbonyl (C=O) groups excluding carboxylic acids is 1. The second-order valence-corrected chi connectivity index (χ2v) is 8.02. The van der Waals surface area contributed by atoms with Crippen molar-refractivity contribution in [1.29, 1.82) is 0 Å². The molecule has 0 radical (unpaired) electrons. The van der Waals surface area contributed by atoms with Crippen molar-refractivity contribution < 1.29 is 26.7 Å². The molecule has 0 aliphatic carbocycles. The third-order valence-electron chi connectivity index (χ3n) is 4.26. The Balaban J connectivity index is 1.91. The SMILES string of the molecule is COc1ccccc1NS(=O)(=O)c1cc(NC(=O)c2cc(F)ccc2F)ccc1C. The van der Waals surface area contributed by atoms with Crippen LogP contribution < -0.4 is 14.8 Å². The van der Waals surface area contributed by atoms with Gasteiger partial charge in [-0.1, -0.05) is 18.2 Å². The summed E-state index contributed by atoms with van der Waals surface area (Å²) < 4.78 is 60.6. The third kappa shape index (κ3) is 4.57. The highest BCUT2D eigenvalue weighted by Gasteiger charge is 2.20. The minimum absolute atomic E-state index is 0.0917. The Morgan fingerprint density at radius 3 is 2.47 bits per heavy atom. The maximum Gasteiger partial charge on any atom is 0.262 e. The van der Waals surface area contributed by atoms with E-state index in [-0.39, 0.29) is 16.3 Å². The second-order valence-electron chi connectivity index (χ2n) is 6.36. The van der Waals surface area contributed by atoms with E-state index in [1.807, 2.05) is 0 Å². The molecule has 0 atom stereocenters. The van der Waals surface area contributed by atoms with E-state index in [1.165, 1.54) is 25.3 Å². The lowest BCUT2D eigenvalue weighted by atomic mass is 10.1. The Kier molecular flexibility index (Phi) is 6.02. The molecule has 0 fully saturated rings. The smallest absolute Gasteiger partial charge is 0.262 e. The number of methoxy groups -OCH3 is 1. The number of hydrogen-bond acceptors (Lipinski definition) is 4. The van der Waals surface area contributed by atoms with Crippen LogP contribution in [0.4, 0.5) is 20.2 Å². The van der Waals surface area contributed by atoms with E-state index in [0.29, 0.717) is 11.3 Å². The molecule has 6 nitrogen and oxygen atoms in total. The van der Waals surface area contributed by atoms with E-state index >= 15 is 0 Å². The van der Waals surface area contributed by atoms with Gasteiger partial charge in [-0.3, -0.25) is 9.52 Å². The zero-order chi connectivity index (χ0) is 21.9. The van der Waals surface area contributed by atoms with E-state index in [0.717, 1.165) is 18.2 Å². The molecule has 2 N–H and O–H groups in total. The molecule has 156 valence electrons. The van der Waals surface area contributed by atoms with Crippen molar-refractivity contribution in [2.75, 3.05) is 17.1 Å². The molecule has 0 aromatic heterocycles. The first-order valence-corrected chi connectivity index (χ1v) is 10.2. The van der Waals surface area contributed by atoms with Crippen LogP contribution in [0.1, 0.15) is 15.9 Å². The van der Waals surface area contributed by atoms with Crippen molar-refractivity contribution in [2.24, 2.45) is 0 Å². The van der Waals surface area contributed by atoms with Crippen molar-refractivity contribution in [3.8, 4) is 5.75 Å². The molecule has 0 saturated carbocycles. The first-order valence-electron chi connectivity index (χ1n) is 8.74. The normalized spacial score (nSPS) is 11.1. The number of ether oxygens (including phenoxy) is 1. The van der Waals surface area contributed by atoms with Gasteiger partial charge < -0.3 is 10.1 Å². The number of carbonyl (C=O) groups is 1. The van der Waals surface area contributed by atoms with E-state index in [4.69, 9.17) is 4.74 Å². The number of nitrogens with one attached hydrogen (secondary N) is 2. The van der Waals surface area contributed by atoms with Crippen molar-refractivity contribution in [2.45, 2.75) is 11.8 Å². The Morgan fingerprint density at radius 1 is 1.00 bits per heavy atom. The number of sulfonamides is 1. The van der Waals surface area contributed by atoms with Gasteiger partial charge in [0.1, 0.15) is 17.4 Å². The Labute approximate surface area is 172 Å². The average Bonchev–Trinajstić information content (AvgIpc) is 2.71. The lowest BCUT2D eigenvalue weighted by Crippen LogP contribution is -2.17. The maximum absolute atomic E-state index is 13.8. The molecule has 1 amide bonds. The number of halogens is 2. The summed E-state index contributed by atoms with van der Waals surface area (Å²) in [6, 6.07) is 13.2. The van der Waals surface area contributed by atoms with E-state index in [1.54, 1.807) is 31.2 Å². The summed E-state index contributed by atoms with van der Waals surface area (Å²) in [6.45, 7) is 1.59. The van der Waals surface area contributed by atoms with Crippen LogP contribution in [-0.2, 0) is 10.0 Å². The average molecular weight is 432 g/mol. The molecule has 30 heavy (non-hydrogen) atoms. The van der Waals surface area contributed by atoms with Gasteiger partial charge in [0.05, 0.1) is 23.3 Å². The molecular formula is C21H18F2N2O4S. The minimum Gasteiger partial charge on any atom is -0.495 e. The number of anilines is 2. The summed E-state index contributed by atoms with van der Waals surface area (Å²) in [5.74, 6) is -2.23. The first-order chi connectivity index (χ1) is 14.2. The molecular weight excluding hydrogens is 414 g/mol. The van der Waals surface area contributed by atoms with Crippen LogP contribution in [-0.4, -0.2) is 21.4 Å². The standard InChI is InChI=1S/C21H18F2N2O4S/c1-13-7-9-15(24-21(26)16-11-14(22)8-10-17(16)23)12-20(13)30(27,28)25-18-5-3-4-6-19(18)29-2/h3-12,25H,1-2H3,(H,24,26). The summed E-state index contributed by atoms with van der Waals surface area (Å²) in [4.78, 5) is 12.2. The fraction of sp³-hybridized carbons (Fsp3) is 0.0952. The summed E-state index contributed by atoms with van der Waals surface area (Å²) in [5.41, 5.74) is 0.282. The fourth-order valence-electron chi connectivity index (χ4n) is 2.77. The highest BCUT2D eigenvalue weighted by molar-refractivity contribution is 7.92. The maximum atomic E-state index is 13.8. The molecule has 3 aromatic carbocycles. The summed E-state index contributed by atoms with van der Waals surface area (Å²) in [5, 5.41) is 2.39. The Hall–Kier alpha value is -3.46. The zero-order valence-electron chi connectivity index (χ0n) is 16.1. The third-order valence-corrected chi connectivity index (χ3v) is 5.77. The van der Waals surface area contributed by atoms with Gasteiger partial charge in [0.25, 0.3) is 15.9 Å². The molecule has 0 saturated heterocycles. The number of para-hydroxylation sites is 2. The predicted octanol–water partition coefficient (Wildman–Crippen LogP) is 4.33. The van der Waals surface area contributed by atoms with Gasteiger partial charge in [-0.15, -0.1) is 0 Å². The van der Waals surface area contributed by atoms with Crippen molar-refractivity contribution in [1.82, 2.24) is 0 Å². The van der Waals surface area contributed by atoms with Crippen LogP contribution in [0.2, 0.25) is 0 Å². The number of amides is 1. The van der Waals surface area contributed by atoms with Crippen LogP contribution in [0.5, 0.6) is 5.75 Å². The topological polar surface area (TPSA) is 84.5 Å². The van der Waals surface area contributed by atoms with Gasteiger partial charge in [0.15, 0.2) is 0 Å². The molecule has 9 heteroatoms. The first kappa shape index (κ1) is 21.3. The predicted molar refractivity (Wildman–Crippen MR) is 109 cm³/mol. The van der Waals surface area contributed by atoms with Crippen LogP contribution in [0.25, 0.3) is 0 Å². The lowest BCUT2D eigenvalue weighted by Gasteiger charge is -2.14.